The van der Waals surface area contributed by atoms with E-state index in [0.29, 0.717) is 41.5 Å². The average Bonchev–Trinajstić information content (AvgIpc) is 2.76. The number of rotatable bonds is 0. The van der Waals surface area contributed by atoms with Crippen LogP contribution in [0.4, 0.5) is 0 Å². The van der Waals surface area contributed by atoms with Crippen LogP contribution in [-0.4, -0.2) is 18.4 Å². The molecule has 4 fully saturated rings. The molecule has 5 unspecified atom stereocenters. The Morgan fingerprint density at radius 2 is 1.86 bits per heavy atom. The number of ether oxygens (including phenoxy) is 1. The first kappa shape index (κ1) is 13.8. The van der Waals surface area contributed by atoms with Gasteiger partial charge in [0.25, 0.3) is 0 Å². The lowest BCUT2D eigenvalue weighted by Crippen LogP contribution is -2.54. The lowest BCUT2D eigenvalue weighted by atomic mass is 9.45. The van der Waals surface area contributed by atoms with Crippen molar-refractivity contribution in [3.8, 4) is 0 Å². The quantitative estimate of drug-likeness (QED) is 0.642. The summed E-state index contributed by atoms with van der Waals surface area (Å²) in [6.45, 7) is 5.19. The number of Topliss-reactive ketones (excluding diaryl/α,β-unsaturated/α-hetero) is 1. The molecule has 0 aromatic carbocycles. The monoisotopic (exact) mass is 290 g/mol. The molecule has 3 nitrogen and oxygen atoms in total. The van der Waals surface area contributed by atoms with Crippen LogP contribution in [0.2, 0.25) is 0 Å². The van der Waals surface area contributed by atoms with Crippen molar-refractivity contribution in [2.45, 2.75) is 58.8 Å². The van der Waals surface area contributed by atoms with Gasteiger partial charge in [0.05, 0.1) is 12.0 Å². The summed E-state index contributed by atoms with van der Waals surface area (Å²) in [5, 5.41) is 0. The standard InChI is InChI=1S/C18H26O3/c1-17-7-5-12(19)9-11(17)3-4-13-14(17)6-8-18(2)15(13)10-21-16(18)20/h11,13-15H,3-10H2,1-2H3/t11-,13?,14?,15?,17?,18?/m1/s1. The average molecular weight is 290 g/mol. The van der Waals surface area contributed by atoms with Gasteiger partial charge < -0.3 is 4.74 Å². The number of fused-ring (bicyclic) bond motifs is 5. The lowest BCUT2D eigenvalue weighted by molar-refractivity contribution is -0.151. The minimum absolute atomic E-state index is 0.0389. The SMILES string of the molecule is CC12CCC3C(CC[C@@H]4CC(=O)CCC34C)C1COC2=O. The van der Waals surface area contributed by atoms with Crippen molar-refractivity contribution in [2.75, 3.05) is 6.61 Å². The van der Waals surface area contributed by atoms with E-state index in [4.69, 9.17) is 4.74 Å². The summed E-state index contributed by atoms with van der Waals surface area (Å²) in [6, 6.07) is 0. The molecule has 0 aromatic heterocycles. The first-order valence-electron chi connectivity index (χ1n) is 8.64. The lowest BCUT2D eigenvalue weighted by Gasteiger charge is -2.58. The maximum atomic E-state index is 12.1. The Morgan fingerprint density at radius 1 is 1.05 bits per heavy atom. The van der Waals surface area contributed by atoms with Crippen molar-refractivity contribution in [3.63, 3.8) is 0 Å². The fourth-order valence-corrected chi connectivity index (χ4v) is 6.26. The fraction of sp³-hybridized carbons (Fsp3) is 0.889. The third kappa shape index (κ3) is 1.72. The summed E-state index contributed by atoms with van der Waals surface area (Å²) in [4.78, 5) is 24.0. The molecule has 4 rings (SSSR count). The van der Waals surface area contributed by atoms with E-state index < -0.39 is 0 Å². The fourth-order valence-electron chi connectivity index (χ4n) is 6.26. The van der Waals surface area contributed by atoms with Crippen molar-refractivity contribution in [3.05, 3.63) is 0 Å². The normalized spacial score (nSPS) is 52.7. The zero-order chi connectivity index (χ0) is 14.8. The molecule has 6 atom stereocenters. The molecule has 0 N–H and O–H groups in total. The molecular formula is C18H26O3. The van der Waals surface area contributed by atoms with Crippen LogP contribution in [0.3, 0.4) is 0 Å². The number of hydrogen-bond donors (Lipinski definition) is 0. The third-order valence-electron chi connectivity index (χ3n) is 7.73. The molecule has 0 aromatic rings. The van der Waals surface area contributed by atoms with Gasteiger partial charge in [-0.3, -0.25) is 9.59 Å². The number of hydrogen-bond acceptors (Lipinski definition) is 3. The topological polar surface area (TPSA) is 43.4 Å². The van der Waals surface area contributed by atoms with Crippen LogP contribution in [-0.2, 0) is 14.3 Å². The van der Waals surface area contributed by atoms with Gasteiger partial charge in [-0.15, -0.1) is 0 Å². The Kier molecular flexibility index (Phi) is 2.84. The molecule has 0 radical (unpaired) electrons. The zero-order valence-electron chi connectivity index (χ0n) is 13.2. The van der Waals surface area contributed by atoms with E-state index >= 15 is 0 Å². The first-order chi connectivity index (χ1) is 9.95. The summed E-state index contributed by atoms with van der Waals surface area (Å²) >= 11 is 0. The van der Waals surface area contributed by atoms with E-state index in [1.54, 1.807) is 0 Å². The van der Waals surface area contributed by atoms with Gasteiger partial charge in [-0.05, 0) is 62.2 Å². The molecule has 0 spiro atoms. The Balaban J connectivity index is 1.65. The van der Waals surface area contributed by atoms with Crippen LogP contribution < -0.4 is 0 Å². The molecule has 0 bridgehead atoms. The summed E-state index contributed by atoms with van der Waals surface area (Å²) in [7, 11) is 0. The number of cyclic esters (lactones) is 1. The minimum Gasteiger partial charge on any atom is -0.465 e. The van der Waals surface area contributed by atoms with Crippen molar-refractivity contribution >= 4 is 11.8 Å². The number of esters is 1. The Labute approximate surface area is 126 Å². The highest BCUT2D eigenvalue weighted by Gasteiger charge is 2.61. The number of carbonyl (C=O) groups excluding carboxylic acids is 2. The number of ketones is 1. The van der Waals surface area contributed by atoms with E-state index in [9.17, 15) is 9.59 Å². The van der Waals surface area contributed by atoms with Crippen LogP contribution in [0, 0.1) is 34.5 Å². The molecule has 1 heterocycles. The van der Waals surface area contributed by atoms with Gasteiger partial charge in [0.15, 0.2) is 0 Å². The van der Waals surface area contributed by atoms with Crippen molar-refractivity contribution in [1.29, 1.82) is 0 Å². The molecule has 1 aliphatic heterocycles. The van der Waals surface area contributed by atoms with Gasteiger partial charge in [0, 0.05) is 18.8 Å². The van der Waals surface area contributed by atoms with Crippen LogP contribution in [0.5, 0.6) is 0 Å². The second kappa shape index (κ2) is 4.33. The highest BCUT2D eigenvalue weighted by Crippen LogP contribution is 2.63. The highest BCUT2D eigenvalue weighted by molar-refractivity contribution is 5.80. The predicted molar refractivity (Wildman–Crippen MR) is 78.5 cm³/mol. The van der Waals surface area contributed by atoms with Crippen molar-refractivity contribution in [2.24, 2.45) is 34.5 Å². The predicted octanol–water partition coefficient (Wildman–Crippen LogP) is 3.36. The number of carbonyl (C=O) groups is 2. The van der Waals surface area contributed by atoms with E-state index in [1.807, 2.05) is 0 Å². The molecule has 4 aliphatic rings. The third-order valence-corrected chi connectivity index (χ3v) is 7.73. The smallest absolute Gasteiger partial charge is 0.312 e. The Morgan fingerprint density at radius 3 is 2.67 bits per heavy atom. The molecule has 3 heteroatoms. The van der Waals surface area contributed by atoms with Gasteiger partial charge in [-0.1, -0.05) is 6.92 Å². The molecule has 1 saturated heterocycles. The van der Waals surface area contributed by atoms with E-state index in [0.717, 1.165) is 32.1 Å². The van der Waals surface area contributed by atoms with Gasteiger partial charge in [-0.25, -0.2) is 0 Å². The second-order valence-corrected chi connectivity index (χ2v) is 8.45. The molecule has 0 amide bonds. The van der Waals surface area contributed by atoms with Gasteiger partial charge >= 0.3 is 5.97 Å². The van der Waals surface area contributed by atoms with Gasteiger partial charge in [-0.2, -0.15) is 0 Å². The summed E-state index contributed by atoms with van der Waals surface area (Å²) in [5.74, 6) is 2.83. The minimum atomic E-state index is -0.227. The largest absolute Gasteiger partial charge is 0.465 e. The zero-order valence-corrected chi connectivity index (χ0v) is 13.2. The van der Waals surface area contributed by atoms with Gasteiger partial charge in [0.1, 0.15) is 5.78 Å². The maximum Gasteiger partial charge on any atom is 0.312 e. The van der Waals surface area contributed by atoms with Crippen LogP contribution in [0.25, 0.3) is 0 Å². The Hall–Kier alpha value is -0.860. The highest BCUT2D eigenvalue weighted by atomic mass is 16.5. The summed E-state index contributed by atoms with van der Waals surface area (Å²) in [6.07, 6.45) is 7.13. The van der Waals surface area contributed by atoms with Crippen molar-refractivity contribution in [1.82, 2.24) is 0 Å². The van der Waals surface area contributed by atoms with Crippen LogP contribution >= 0.6 is 0 Å². The van der Waals surface area contributed by atoms with Crippen molar-refractivity contribution < 1.29 is 14.3 Å². The van der Waals surface area contributed by atoms with Crippen LogP contribution in [0.15, 0.2) is 0 Å². The van der Waals surface area contributed by atoms with E-state index in [1.165, 1.54) is 12.8 Å². The van der Waals surface area contributed by atoms with E-state index in [2.05, 4.69) is 13.8 Å². The molecular weight excluding hydrogens is 264 g/mol. The van der Waals surface area contributed by atoms with Crippen LogP contribution in [0.1, 0.15) is 58.8 Å². The molecule has 3 saturated carbocycles. The summed E-state index contributed by atoms with van der Waals surface area (Å²) < 4.78 is 5.44. The Bertz CT molecular complexity index is 499. The maximum absolute atomic E-state index is 12.1. The van der Waals surface area contributed by atoms with E-state index in [-0.39, 0.29) is 11.4 Å². The molecule has 116 valence electrons. The molecule has 3 aliphatic carbocycles. The summed E-state index contributed by atoms with van der Waals surface area (Å²) in [5.41, 5.74) is 0.0959. The molecule has 21 heavy (non-hydrogen) atoms. The van der Waals surface area contributed by atoms with Gasteiger partial charge in [0.2, 0.25) is 0 Å². The first-order valence-corrected chi connectivity index (χ1v) is 8.64. The second-order valence-electron chi connectivity index (χ2n) is 8.45.